The molecule has 3 aromatic rings. The van der Waals surface area contributed by atoms with Gasteiger partial charge in [-0.15, -0.1) is 0 Å². The van der Waals surface area contributed by atoms with Crippen LogP contribution in [-0.4, -0.2) is 42.8 Å². The number of rotatable bonds is 7. The summed E-state index contributed by atoms with van der Waals surface area (Å²) in [6.45, 7) is 4.99. The fourth-order valence-electron chi connectivity index (χ4n) is 8.19. The second-order valence-electron chi connectivity index (χ2n) is 13.0. The number of aryl methyl sites for hydroxylation is 2. The Balaban J connectivity index is 1.08. The predicted octanol–water partition coefficient (Wildman–Crippen LogP) is 5.57. The highest BCUT2D eigenvalue weighted by Gasteiger charge is 2.40. The summed E-state index contributed by atoms with van der Waals surface area (Å²) >= 11 is 6.31. The van der Waals surface area contributed by atoms with Crippen LogP contribution >= 0.6 is 11.6 Å². The van der Waals surface area contributed by atoms with Gasteiger partial charge in [-0.2, -0.15) is 4.31 Å². The lowest BCUT2D eigenvalue weighted by Gasteiger charge is -2.36. The summed E-state index contributed by atoms with van der Waals surface area (Å²) in [6.07, 6.45) is 8.83. The summed E-state index contributed by atoms with van der Waals surface area (Å²) in [5, 5.41) is 7.32. The molecule has 2 aliphatic heterocycles. The van der Waals surface area contributed by atoms with E-state index in [9.17, 15) is 13.2 Å². The molecular formula is C34H41ClN4O3S. The normalized spacial score (nSPS) is 27.0. The van der Waals surface area contributed by atoms with Gasteiger partial charge in [0.1, 0.15) is 0 Å². The third kappa shape index (κ3) is 5.56. The van der Waals surface area contributed by atoms with Crippen molar-refractivity contribution in [3.8, 4) is 0 Å². The number of hydrogen-bond acceptors (Lipinski definition) is 4. The van der Waals surface area contributed by atoms with Crippen LogP contribution in [0.25, 0.3) is 0 Å². The second kappa shape index (κ2) is 11.7. The summed E-state index contributed by atoms with van der Waals surface area (Å²) in [5.74, 6) is 2.25. The zero-order chi connectivity index (χ0) is 29.7. The van der Waals surface area contributed by atoms with Crippen molar-refractivity contribution in [2.75, 3.05) is 19.6 Å². The summed E-state index contributed by atoms with van der Waals surface area (Å²) in [6, 6.07) is 14.9. The number of sulfonamides is 1. The number of amides is 1. The first-order valence-electron chi connectivity index (χ1n) is 15.8. The van der Waals surface area contributed by atoms with Gasteiger partial charge < -0.3 is 15.2 Å². The van der Waals surface area contributed by atoms with E-state index in [-0.39, 0.29) is 23.3 Å². The van der Waals surface area contributed by atoms with Crippen LogP contribution in [-0.2, 0) is 34.2 Å². The maximum absolute atomic E-state index is 13.9. The minimum atomic E-state index is -3.87. The highest BCUT2D eigenvalue weighted by Crippen LogP contribution is 2.42. The van der Waals surface area contributed by atoms with Crippen LogP contribution in [0.15, 0.2) is 59.6 Å². The van der Waals surface area contributed by atoms with Gasteiger partial charge in [0.2, 0.25) is 15.9 Å². The number of carbonyl (C=O) groups is 1. The Hall–Kier alpha value is -2.65. The van der Waals surface area contributed by atoms with Crippen molar-refractivity contribution in [3.63, 3.8) is 0 Å². The Bertz CT molecular complexity index is 1620. The molecule has 2 bridgehead atoms. The van der Waals surface area contributed by atoms with E-state index in [1.165, 1.54) is 39.9 Å². The molecule has 228 valence electrons. The Labute approximate surface area is 260 Å². The van der Waals surface area contributed by atoms with E-state index >= 15 is 0 Å². The molecule has 2 aliphatic carbocycles. The highest BCUT2D eigenvalue weighted by molar-refractivity contribution is 7.89. The van der Waals surface area contributed by atoms with E-state index in [2.05, 4.69) is 33.4 Å². The topological polar surface area (TPSA) is 83.4 Å². The average molecular weight is 621 g/mol. The van der Waals surface area contributed by atoms with Gasteiger partial charge in [-0.1, -0.05) is 35.9 Å². The van der Waals surface area contributed by atoms with Gasteiger partial charge in [-0.3, -0.25) is 4.79 Å². The van der Waals surface area contributed by atoms with Crippen molar-refractivity contribution < 1.29 is 13.2 Å². The third-order valence-corrected chi connectivity index (χ3v) is 12.8. The molecule has 0 radical (unpaired) electrons. The van der Waals surface area contributed by atoms with E-state index in [0.29, 0.717) is 18.1 Å². The number of hydrogen-bond donors (Lipinski definition) is 2. The number of fused-ring (bicyclic) bond motifs is 4. The molecule has 1 saturated heterocycles. The van der Waals surface area contributed by atoms with Gasteiger partial charge >= 0.3 is 0 Å². The molecule has 7 nitrogen and oxygen atoms in total. The number of halogens is 1. The van der Waals surface area contributed by atoms with Gasteiger partial charge in [0.05, 0.1) is 17.0 Å². The van der Waals surface area contributed by atoms with Crippen molar-refractivity contribution in [2.45, 2.75) is 75.4 Å². The van der Waals surface area contributed by atoms with Crippen LogP contribution in [0.4, 0.5) is 0 Å². The molecule has 3 heterocycles. The fourth-order valence-corrected chi connectivity index (χ4v) is 10.1. The van der Waals surface area contributed by atoms with Gasteiger partial charge in [0.25, 0.3) is 0 Å². The van der Waals surface area contributed by atoms with Crippen LogP contribution in [0.2, 0.25) is 5.02 Å². The van der Waals surface area contributed by atoms with Crippen molar-refractivity contribution in [2.24, 2.45) is 17.8 Å². The SMILES string of the molecule is Cc1ccc(S(=O)(=O)N2CCn3cccc3C2CC(=O)NC2CCCc3cc(CC4C5CCC4CNC5)ccc32)cc1Cl. The Kier molecular flexibility index (Phi) is 7.91. The van der Waals surface area contributed by atoms with Crippen molar-refractivity contribution in [1.29, 1.82) is 0 Å². The number of nitrogens with zero attached hydrogens (tertiary/aromatic N) is 2. The van der Waals surface area contributed by atoms with Gasteiger partial charge in [-0.05, 0) is 123 Å². The minimum Gasteiger partial charge on any atom is -0.349 e. The number of benzene rings is 2. The molecule has 2 fully saturated rings. The molecule has 0 spiro atoms. The number of piperidine rings is 1. The standard InChI is InChI=1S/C34H41ClN4O3S/c1-22-7-11-27(18-30(22)35)43(41,42)39-15-14-38-13-3-6-32(38)33(39)19-34(40)37-31-5-2-4-24-16-23(8-12-28(24)31)17-29-25-9-10-26(29)21-36-20-25/h3,6-8,11-13,16,18,25-26,29,31,33,36H,2,4-5,9-10,14-15,17,19-21H2,1H3,(H,37,40). The molecule has 4 atom stereocenters. The van der Waals surface area contributed by atoms with Gasteiger partial charge in [0, 0.05) is 36.4 Å². The van der Waals surface area contributed by atoms with E-state index in [1.54, 1.807) is 12.1 Å². The first kappa shape index (κ1) is 29.1. The monoisotopic (exact) mass is 620 g/mol. The third-order valence-electron chi connectivity index (χ3n) is 10.5. The fraction of sp³-hybridized carbons (Fsp3) is 0.500. The molecule has 1 saturated carbocycles. The molecular weight excluding hydrogens is 580 g/mol. The summed E-state index contributed by atoms with van der Waals surface area (Å²) < 4.78 is 31.3. The van der Waals surface area contributed by atoms with Crippen LogP contribution < -0.4 is 10.6 Å². The largest absolute Gasteiger partial charge is 0.349 e. The van der Waals surface area contributed by atoms with Crippen molar-refractivity contribution in [3.05, 3.63) is 87.7 Å². The summed E-state index contributed by atoms with van der Waals surface area (Å²) in [7, 11) is -3.87. The smallest absolute Gasteiger partial charge is 0.243 e. The predicted molar refractivity (Wildman–Crippen MR) is 168 cm³/mol. The Morgan fingerprint density at radius 1 is 1.05 bits per heavy atom. The van der Waals surface area contributed by atoms with Crippen LogP contribution in [0, 0.1) is 24.7 Å². The maximum Gasteiger partial charge on any atom is 0.243 e. The lowest BCUT2D eigenvalue weighted by molar-refractivity contribution is -0.123. The molecule has 1 aromatic heterocycles. The highest BCUT2D eigenvalue weighted by atomic mass is 35.5. The molecule has 1 amide bonds. The summed E-state index contributed by atoms with van der Waals surface area (Å²) in [5.41, 5.74) is 5.64. The van der Waals surface area contributed by atoms with Crippen molar-refractivity contribution >= 4 is 27.5 Å². The van der Waals surface area contributed by atoms with E-state index in [0.717, 1.165) is 67.8 Å². The second-order valence-corrected chi connectivity index (χ2v) is 15.3. The Morgan fingerprint density at radius 2 is 1.86 bits per heavy atom. The molecule has 7 rings (SSSR count). The van der Waals surface area contributed by atoms with E-state index in [4.69, 9.17) is 11.6 Å². The lowest BCUT2D eigenvalue weighted by Crippen LogP contribution is -2.44. The molecule has 2 N–H and O–H groups in total. The first-order valence-corrected chi connectivity index (χ1v) is 17.6. The molecule has 2 aromatic carbocycles. The van der Waals surface area contributed by atoms with Crippen LogP contribution in [0.1, 0.15) is 72.1 Å². The maximum atomic E-state index is 13.9. The van der Waals surface area contributed by atoms with Gasteiger partial charge in [0.15, 0.2) is 0 Å². The molecule has 9 heteroatoms. The van der Waals surface area contributed by atoms with E-state index in [1.807, 2.05) is 25.3 Å². The molecule has 4 unspecified atom stereocenters. The Morgan fingerprint density at radius 3 is 2.65 bits per heavy atom. The van der Waals surface area contributed by atoms with Crippen LogP contribution in [0.3, 0.4) is 0 Å². The molecule has 4 aliphatic rings. The number of nitrogens with one attached hydrogen (secondary N) is 2. The number of aromatic nitrogens is 1. The van der Waals surface area contributed by atoms with E-state index < -0.39 is 16.1 Å². The van der Waals surface area contributed by atoms with Crippen molar-refractivity contribution in [1.82, 2.24) is 19.5 Å². The average Bonchev–Trinajstić information content (AvgIpc) is 3.54. The van der Waals surface area contributed by atoms with Crippen LogP contribution in [0.5, 0.6) is 0 Å². The quantitative estimate of drug-likeness (QED) is 0.362. The lowest BCUT2D eigenvalue weighted by atomic mass is 9.80. The number of carbonyl (C=O) groups excluding carboxylic acids is 1. The van der Waals surface area contributed by atoms with Gasteiger partial charge in [-0.25, -0.2) is 8.42 Å². The first-order chi connectivity index (χ1) is 20.8. The zero-order valence-corrected chi connectivity index (χ0v) is 26.3. The molecule has 43 heavy (non-hydrogen) atoms. The minimum absolute atomic E-state index is 0.0586. The summed E-state index contributed by atoms with van der Waals surface area (Å²) in [4.78, 5) is 13.8. The zero-order valence-electron chi connectivity index (χ0n) is 24.8.